The summed E-state index contributed by atoms with van der Waals surface area (Å²) in [4.78, 5) is 33.7. The quantitative estimate of drug-likeness (QED) is 0.591. The van der Waals surface area contributed by atoms with Crippen molar-refractivity contribution in [1.29, 1.82) is 0 Å². The van der Waals surface area contributed by atoms with Gasteiger partial charge in [-0.05, 0) is 6.42 Å². The molecule has 1 aromatic rings. The molecule has 1 aliphatic heterocycles. The van der Waals surface area contributed by atoms with Crippen LogP contribution in [0.25, 0.3) is 0 Å². The molecule has 1 aliphatic rings. The first-order valence-corrected chi connectivity index (χ1v) is 6.82. The number of ether oxygens (including phenoxy) is 1. The van der Waals surface area contributed by atoms with E-state index in [9.17, 15) is 24.8 Å². The van der Waals surface area contributed by atoms with Gasteiger partial charge in [-0.15, -0.1) is 0 Å². The normalized spacial score (nSPS) is 18.6. The lowest BCUT2D eigenvalue weighted by molar-refractivity contribution is -0.385. The van der Waals surface area contributed by atoms with Gasteiger partial charge in [-0.2, -0.15) is 0 Å². The van der Waals surface area contributed by atoms with E-state index in [-0.39, 0.29) is 30.2 Å². The van der Waals surface area contributed by atoms with Crippen LogP contribution in [0, 0.1) is 16.0 Å². The Balaban J connectivity index is 2.10. The number of rotatable bonds is 6. The minimum Gasteiger partial charge on any atom is -0.480 e. The lowest BCUT2D eigenvalue weighted by Crippen LogP contribution is -2.45. The van der Waals surface area contributed by atoms with Crippen molar-refractivity contribution in [2.45, 2.75) is 18.9 Å². The number of carbonyl (C=O) groups is 2. The smallest absolute Gasteiger partial charge is 0.326 e. The third-order valence-electron chi connectivity index (χ3n) is 3.53. The molecular formula is C14H16N2O6. The van der Waals surface area contributed by atoms with E-state index in [2.05, 4.69) is 5.32 Å². The Hall–Kier alpha value is -2.48. The Morgan fingerprint density at radius 3 is 2.77 bits per heavy atom. The second kappa shape index (κ2) is 6.99. The molecule has 2 rings (SSSR count). The number of carbonyl (C=O) groups excluding carboxylic acids is 1. The first-order chi connectivity index (χ1) is 10.5. The largest absolute Gasteiger partial charge is 0.480 e. The third-order valence-corrected chi connectivity index (χ3v) is 3.53. The van der Waals surface area contributed by atoms with E-state index in [1.807, 2.05) is 0 Å². The number of para-hydroxylation sites is 1. The van der Waals surface area contributed by atoms with Gasteiger partial charge in [0.25, 0.3) is 5.69 Å². The van der Waals surface area contributed by atoms with Gasteiger partial charge in [0, 0.05) is 24.7 Å². The highest BCUT2D eigenvalue weighted by atomic mass is 16.6. The van der Waals surface area contributed by atoms with Crippen LogP contribution < -0.4 is 5.32 Å². The van der Waals surface area contributed by atoms with Crippen LogP contribution in [0.1, 0.15) is 12.0 Å². The molecular weight excluding hydrogens is 292 g/mol. The maximum Gasteiger partial charge on any atom is 0.326 e. The molecule has 0 spiro atoms. The average Bonchev–Trinajstić information content (AvgIpc) is 3.01. The molecule has 8 heteroatoms. The highest BCUT2D eigenvalue weighted by Gasteiger charge is 2.29. The van der Waals surface area contributed by atoms with E-state index in [1.165, 1.54) is 18.2 Å². The third kappa shape index (κ3) is 3.79. The summed E-state index contributed by atoms with van der Waals surface area (Å²) in [7, 11) is 0. The van der Waals surface area contributed by atoms with Gasteiger partial charge in [0.2, 0.25) is 5.91 Å². The Labute approximate surface area is 126 Å². The molecule has 0 aliphatic carbocycles. The summed E-state index contributed by atoms with van der Waals surface area (Å²) < 4.78 is 5.09. The molecule has 0 saturated carbocycles. The van der Waals surface area contributed by atoms with Crippen molar-refractivity contribution < 1.29 is 24.4 Å². The fraction of sp³-hybridized carbons (Fsp3) is 0.429. The molecule has 8 nitrogen and oxygen atoms in total. The minimum absolute atomic E-state index is 0.147. The Bertz CT molecular complexity index is 582. The van der Waals surface area contributed by atoms with Crippen molar-refractivity contribution in [3.63, 3.8) is 0 Å². The molecule has 0 aromatic heterocycles. The summed E-state index contributed by atoms with van der Waals surface area (Å²) in [5.41, 5.74) is 0.107. The van der Waals surface area contributed by atoms with Gasteiger partial charge in [0.15, 0.2) is 0 Å². The lowest BCUT2D eigenvalue weighted by Gasteiger charge is -2.16. The highest BCUT2D eigenvalue weighted by molar-refractivity contribution is 5.85. The number of amides is 1. The molecule has 0 unspecified atom stereocenters. The predicted octanol–water partition coefficient (Wildman–Crippen LogP) is 0.743. The Kier molecular flexibility index (Phi) is 5.05. The van der Waals surface area contributed by atoms with Gasteiger partial charge >= 0.3 is 5.97 Å². The second-order valence-corrected chi connectivity index (χ2v) is 5.05. The number of nitro groups is 1. The summed E-state index contributed by atoms with van der Waals surface area (Å²) in [6.07, 6.45) is 0.398. The number of carboxylic acids is 1. The first kappa shape index (κ1) is 15.9. The zero-order chi connectivity index (χ0) is 16.1. The lowest BCUT2D eigenvalue weighted by atomic mass is 10.0. The zero-order valence-corrected chi connectivity index (χ0v) is 11.7. The molecule has 2 atom stereocenters. The van der Waals surface area contributed by atoms with Gasteiger partial charge in [-0.1, -0.05) is 18.2 Å². The number of hydrogen-bond donors (Lipinski definition) is 2. The maximum absolute atomic E-state index is 12.0. The van der Waals surface area contributed by atoms with Gasteiger partial charge in [0.05, 0.1) is 17.4 Å². The molecule has 1 aromatic carbocycles. The topological polar surface area (TPSA) is 119 Å². The molecule has 118 valence electrons. The van der Waals surface area contributed by atoms with Crippen LogP contribution in [0.2, 0.25) is 0 Å². The highest BCUT2D eigenvalue weighted by Crippen LogP contribution is 2.20. The number of carboxylic acid groups (broad SMARTS) is 1. The molecule has 22 heavy (non-hydrogen) atoms. The fourth-order valence-corrected chi connectivity index (χ4v) is 2.31. The van der Waals surface area contributed by atoms with Gasteiger partial charge in [-0.25, -0.2) is 4.79 Å². The van der Waals surface area contributed by atoms with Crippen LogP contribution in [-0.4, -0.2) is 41.2 Å². The molecule has 2 N–H and O–H groups in total. The van der Waals surface area contributed by atoms with Crippen molar-refractivity contribution >= 4 is 17.6 Å². The number of benzene rings is 1. The van der Waals surface area contributed by atoms with E-state index in [0.717, 1.165) is 0 Å². The zero-order valence-electron chi connectivity index (χ0n) is 11.7. The van der Waals surface area contributed by atoms with Crippen molar-refractivity contribution in [3.8, 4) is 0 Å². The number of nitrogens with zero attached hydrogens (tertiary/aromatic N) is 1. The standard InChI is InChI=1S/C14H16N2O6/c17-13(10-5-6-22-8-10)15-11(14(18)19)7-9-3-1-2-4-12(9)16(20)21/h1-4,10-11H,5-8H2,(H,15,17)(H,18,19)/t10-,11-/m0/s1. The summed E-state index contributed by atoms with van der Waals surface area (Å²) in [6, 6.07) is 4.67. The number of nitro benzene ring substituents is 1. The monoisotopic (exact) mass is 308 g/mol. The van der Waals surface area contributed by atoms with Gasteiger partial charge < -0.3 is 15.2 Å². The van der Waals surface area contributed by atoms with E-state index in [0.29, 0.717) is 13.0 Å². The van der Waals surface area contributed by atoms with Crippen molar-refractivity contribution in [2.75, 3.05) is 13.2 Å². The Morgan fingerprint density at radius 2 is 2.18 bits per heavy atom. The Morgan fingerprint density at radius 1 is 1.45 bits per heavy atom. The molecule has 1 saturated heterocycles. The molecule has 1 amide bonds. The summed E-state index contributed by atoms with van der Waals surface area (Å²) in [6.45, 7) is 0.740. The van der Waals surface area contributed by atoms with Crippen LogP contribution >= 0.6 is 0 Å². The number of nitrogens with one attached hydrogen (secondary N) is 1. The van der Waals surface area contributed by atoms with E-state index in [1.54, 1.807) is 6.07 Å². The number of aliphatic carboxylic acids is 1. The average molecular weight is 308 g/mol. The van der Waals surface area contributed by atoms with E-state index >= 15 is 0 Å². The summed E-state index contributed by atoms with van der Waals surface area (Å²) in [5, 5.41) is 22.6. The van der Waals surface area contributed by atoms with Crippen molar-refractivity contribution in [3.05, 3.63) is 39.9 Å². The summed E-state index contributed by atoms with van der Waals surface area (Å²) in [5.74, 6) is -2.00. The van der Waals surface area contributed by atoms with Crippen LogP contribution in [0.3, 0.4) is 0 Å². The molecule has 0 bridgehead atoms. The van der Waals surface area contributed by atoms with Gasteiger partial charge in [0.1, 0.15) is 6.04 Å². The van der Waals surface area contributed by atoms with Crippen molar-refractivity contribution in [1.82, 2.24) is 5.32 Å². The maximum atomic E-state index is 12.0. The predicted molar refractivity (Wildman–Crippen MR) is 75.3 cm³/mol. The molecule has 1 heterocycles. The van der Waals surface area contributed by atoms with Gasteiger partial charge in [-0.3, -0.25) is 14.9 Å². The molecule has 0 radical (unpaired) electrons. The van der Waals surface area contributed by atoms with E-state index in [4.69, 9.17) is 4.74 Å². The van der Waals surface area contributed by atoms with Crippen molar-refractivity contribution in [2.24, 2.45) is 5.92 Å². The molecule has 1 fully saturated rings. The fourth-order valence-electron chi connectivity index (χ4n) is 2.31. The summed E-state index contributed by atoms with van der Waals surface area (Å²) >= 11 is 0. The minimum atomic E-state index is -1.23. The second-order valence-electron chi connectivity index (χ2n) is 5.05. The first-order valence-electron chi connectivity index (χ1n) is 6.82. The number of hydrogen-bond acceptors (Lipinski definition) is 5. The SMILES string of the molecule is O=C(N[C@@H](Cc1ccccc1[N+](=O)[O-])C(=O)O)[C@H]1CCOC1. The van der Waals surface area contributed by atoms with Crippen LogP contribution in [0.15, 0.2) is 24.3 Å². The van der Waals surface area contributed by atoms with Crippen LogP contribution in [0.4, 0.5) is 5.69 Å². The van der Waals surface area contributed by atoms with Crippen LogP contribution in [-0.2, 0) is 20.7 Å². The van der Waals surface area contributed by atoms with E-state index < -0.39 is 22.8 Å². The van der Waals surface area contributed by atoms with Crippen LogP contribution in [0.5, 0.6) is 0 Å².